The molecule has 0 bridgehead atoms. The molecule has 0 radical (unpaired) electrons. The van der Waals surface area contributed by atoms with Gasteiger partial charge in [-0.2, -0.15) is 0 Å². The normalized spacial score (nSPS) is 30.1. The molecule has 0 spiro atoms. The molecule has 0 N–H and O–H groups in total. The van der Waals surface area contributed by atoms with Crippen LogP contribution < -0.4 is 0 Å². The standard InChI is InChI=1S/C17H26N2O2/c1-2-16(20)18-11-6-10-15(18)17(21)19-12-5-9-14(19)13-7-3-4-8-13/h2,13-15H,1,3-12H2/t14?,15-/m0/s1. The molecule has 2 aliphatic heterocycles. The van der Waals surface area contributed by atoms with Crippen LogP contribution >= 0.6 is 0 Å². The maximum absolute atomic E-state index is 12.9. The van der Waals surface area contributed by atoms with E-state index < -0.39 is 0 Å². The number of amides is 2. The van der Waals surface area contributed by atoms with E-state index in [4.69, 9.17) is 0 Å². The van der Waals surface area contributed by atoms with Crippen molar-refractivity contribution in [2.24, 2.45) is 5.92 Å². The highest BCUT2D eigenvalue weighted by Gasteiger charge is 2.41. The molecule has 3 rings (SSSR count). The van der Waals surface area contributed by atoms with Gasteiger partial charge in [0.1, 0.15) is 6.04 Å². The van der Waals surface area contributed by atoms with Crippen molar-refractivity contribution >= 4 is 11.8 Å². The SMILES string of the molecule is C=CC(=O)N1CCC[C@H]1C(=O)N1CCCC1C1CCCC1. The fraction of sp³-hybridized carbons (Fsp3) is 0.765. The molecule has 4 heteroatoms. The molecule has 3 fully saturated rings. The van der Waals surface area contributed by atoms with Crippen LogP contribution in [0, 0.1) is 5.92 Å². The summed E-state index contributed by atoms with van der Waals surface area (Å²) in [7, 11) is 0. The van der Waals surface area contributed by atoms with Gasteiger partial charge in [-0.25, -0.2) is 0 Å². The van der Waals surface area contributed by atoms with E-state index in [9.17, 15) is 9.59 Å². The Morgan fingerprint density at radius 3 is 2.29 bits per heavy atom. The molecule has 2 heterocycles. The smallest absolute Gasteiger partial charge is 0.246 e. The third-order valence-electron chi connectivity index (χ3n) is 5.52. The number of likely N-dealkylation sites (tertiary alicyclic amines) is 2. The highest BCUT2D eigenvalue weighted by Crippen LogP contribution is 2.36. The van der Waals surface area contributed by atoms with Crippen molar-refractivity contribution in [1.82, 2.24) is 9.80 Å². The molecule has 116 valence electrons. The molecular formula is C17H26N2O2. The number of hydrogen-bond donors (Lipinski definition) is 0. The highest BCUT2D eigenvalue weighted by molar-refractivity contribution is 5.93. The van der Waals surface area contributed by atoms with Crippen LogP contribution in [0.2, 0.25) is 0 Å². The van der Waals surface area contributed by atoms with Gasteiger partial charge >= 0.3 is 0 Å². The predicted octanol–water partition coefficient (Wildman–Crippen LogP) is 2.34. The zero-order valence-electron chi connectivity index (χ0n) is 12.8. The summed E-state index contributed by atoms with van der Waals surface area (Å²) in [6, 6.07) is 0.193. The van der Waals surface area contributed by atoms with Crippen molar-refractivity contribution < 1.29 is 9.59 Å². The monoisotopic (exact) mass is 290 g/mol. The molecule has 3 aliphatic rings. The van der Waals surface area contributed by atoms with Gasteiger partial charge in [-0.1, -0.05) is 19.4 Å². The first-order chi connectivity index (χ1) is 10.2. The Balaban J connectivity index is 1.71. The second-order valence-electron chi connectivity index (χ2n) is 6.68. The van der Waals surface area contributed by atoms with Crippen molar-refractivity contribution in [2.75, 3.05) is 13.1 Å². The number of carbonyl (C=O) groups is 2. The van der Waals surface area contributed by atoms with Gasteiger partial charge in [-0.05, 0) is 50.5 Å². The van der Waals surface area contributed by atoms with Gasteiger partial charge in [0.15, 0.2) is 0 Å². The molecule has 0 aromatic carbocycles. The Labute approximate surface area is 127 Å². The van der Waals surface area contributed by atoms with Gasteiger partial charge < -0.3 is 9.80 Å². The molecule has 4 nitrogen and oxygen atoms in total. The van der Waals surface area contributed by atoms with Gasteiger partial charge in [-0.15, -0.1) is 0 Å². The van der Waals surface area contributed by atoms with E-state index in [1.165, 1.54) is 31.8 Å². The van der Waals surface area contributed by atoms with Crippen LogP contribution in [0.15, 0.2) is 12.7 Å². The Bertz CT molecular complexity index is 429. The maximum Gasteiger partial charge on any atom is 0.246 e. The fourth-order valence-corrected chi connectivity index (χ4v) is 4.49. The van der Waals surface area contributed by atoms with Crippen molar-refractivity contribution in [3.8, 4) is 0 Å². The van der Waals surface area contributed by atoms with Crippen molar-refractivity contribution in [3.05, 3.63) is 12.7 Å². The van der Waals surface area contributed by atoms with Crippen LogP contribution in [-0.2, 0) is 9.59 Å². The van der Waals surface area contributed by atoms with Crippen LogP contribution in [0.25, 0.3) is 0 Å². The summed E-state index contributed by atoms with van der Waals surface area (Å²) in [6.45, 7) is 5.14. The lowest BCUT2D eigenvalue weighted by atomic mass is 9.95. The lowest BCUT2D eigenvalue weighted by Gasteiger charge is -2.33. The molecule has 1 aliphatic carbocycles. The summed E-state index contributed by atoms with van der Waals surface area (Å²) < 4.78 is 0. The molecular weight excluding hydrogens is 264 g/mol. The minimum atomic E-state index is -0.238. The van der Waals surface area contributed by atoms with Crippen molar-refractivity contribution in [3.63, 3.8) is 0 Å². The quantitative estimate of drug-likeness (QED) is 0.749. The van der Waals surface area contributed by atoms with Crippen molar-refractivity contribution in [1.29, 1.82) is 0 Å². The predicted molar refractivity (Wildman–Crippen MR) is 81.6 cm³/mol. The van der Waals surface area contributed by atoms with Crippen LogP contribution in [0.4, 0.5) is 0 Å². The van der Waals surface area contributed by atoms with E-state index >= 15 is 0 Å². The second-order valence-corrected chi connectivity index (χ2v) is 6.68. The molecule has 2 amide bonds. The zero-order chi connectivity index (χ0) is 14.8. The van der Waals surface area contributed by atoms with Crippen LogP contribution in [0.1, 0.15) is 51.4 Å². The lowest BCUT2D eigenvalue weighted by molar-refractivity contribution is -0.143. The first-order valence-electron chi connectivity index (χ1n) is 8.46. The number of hydrogen-bond acceptors (Lipinski definition) is 2. The molecule has 2 atom stereocenters. The topological polar surface area (TPSA) is 40.6 Å². The summed E-state index contributed by atoms with van der Waals surface area (Å²) in [6.07, 6.45) is 10.5. The largest absolute Gasteiger partial charge is 0.338 e. The van der Waals surface area contributed by atoms with E-state index in [0.29, 0.717) is 18.5 Å². The van der Waals surface area contributed by atoms with Crippen LogP contribution in [-0.4, -0.2) is 46.8 Å². The van der Waals surface area contributed by atoms with Gasteiger partial charge in [-0.3, -0.25) is 9.59 Å². The molecule has 21 heavy (non-hydrogen) atoms. The summed E-state index contributed by atoms with van der Waals surface area (Å²) in [5.74, 6) is 0.793. The average Bonchev–Trinajstić information content (AvgIpc) is 3.24. The van der Waals surface area contributed by atoms with E-state index in [0.717, 1.165) is 32.2 Å². The summed E-state index contributed by atoms with van der Waals surface area (Å²) in [5.41, 5.74) is 0. The summed E-state index contributed by atoms with van der Waals surface area (Å²) in [4.78, 5) is 28.7. The van der Waals surface area contributed by atoms with Gasteiger partial charge in [0, 0.05) is 19.1 Å². The Kier molecular flexibility index (Phi) is 4.32. The molecule has 0 aromatic rings. The Hall–Kier alpha value is -1.32. The molecule has 0 aromatic heterocycles. The van der Waals surface area contributed by atoms with Gasteiger partial charge in [0.25, 0.3) is 0 Å². The number of carbonyl (C=O) groups excluding carboxylic acids is 2. The minimum Gasteiger partial charge on any atom is -0.338 e. The summed E-state index contributed by atoms with van der Waals surface area (Å²) >= 11 is 0. The lowest BCUT2D eigenvalue weighted by Crippen LogP contribution is -2.50. The van der Waals surface area contributed by atoms with E-state index in [-0.39, 0.29) is 17.9 Å². The third-order valence-corrected chi connectivity index (χ3v) is 5.52. The third kappa shape index (κ3) is 2.72. The minimum absolute atomic E-state index is 0.0949. The highest BCUT2D eigenvalue weighted by atomic mass is 16.2. The number of rotatable bonds is 3. The second kappa shape index (κ2) is 6.20. The maximum atomic E-state index is 12.9. The number of nitrogens with zero attached hydrogens (tertiary/aromatic N) is 2. The first-order valence-corrected chi connectivity index (χ1v) is 8.46. The zero-order valence-corrected chi connectivity index (χ0v) is 12.8. The molecule has 1 saturated carbocycles. The van der Waals surface area contributed by atoms with E-state index in [1.54, 1.807) is 4.90 Å². The van der Waals surface area contributed by atoms with E-state index in [2.05, 4.69) is 11.5 Å². The molecule has 2 saturated heterocycles. The Morgan fingerprint density at radius 2 is 1.57 bits per heavy atom. The first kappa shape index (κ1) is 14.6. The molecule has 1 unspecified atom stereocenters. The summed E-state index contributed by atoms with van der Waals surface area (Å²) in [5, 5.41) is 0. The van der Waals surface area contributed by atoms with Crippen LogP contribution in [0.5, 0.6) is 0 Å². The van der Waals surface area contributed by atoms with Gasteiger partial charge in [0.05, 0.1) is 0 Å². The Morgan fingerprint density at radius 1 is 0.905 bits per heavy atom. The van der Waals surface area contributed by atoms with E-state index in [1.807, 2.05) is 0 Å². The fourth-order valence-electron chi connectivity index (χ4n) is 4.49. The average molecular weight is 290 g/mol. The van der Waals surface area contributed by atoms with Crippen LogP contribution in [0.3, 0.4) is 0 Å². The van der Waals surface area contributed by atoms with Gasteiger partial charge in [0.2, 0.25) is 11.8 Å². The van der Waals surface area contributed by atoms with Crippen molar-refractivity contribution in [2.45, 2.75) is 63.5 Å².